The minimum Gasteiger partial charge on any atom is -0.329 e. The van der Waals surface area contributed by atoms with Crippen molar-refractivity contribution < 1.29 is 0 Å². The Bertz CT molecular complexity index is 403. The Labute approximate surface area is 121 Å². The summed E-state index contributed by atoms with van der Waals surface area (Å²) in [7, 11) is 2.21. The molecule has 2 nitrogen and oxygen atoms in total. The van der Waals surface area contributed by atoms with Crippen molar-refractivity contribution >= 4 is 11.8 Å². The maximum absolute atomic E-state index is 6.08. The van der Waals surface area contributed by atoms with Crippen molar-refractivity contribution in [3.63, 3.8) is 0 Å². The van der Waals surface area contributed by atoms with E-state index in [4.69, 9.17) is 5.73 Å². The second-order valence-electron chi connectivity index (χ2n) is 5.62. The van der Waals surface area contributed by atoms with Crippen LogP contribution >= 0.6 is 11.8 Å². The first-order chi connectivity index (χ1) is 9.19. The molecule has 0 radical (unpaired) electrons. The Hall–Kier alpha value is -0.510. The summed E-state index contributed by atoms with van der Waals surface area (Å²) in [6, 6.07) is 9.78. The number of hydrogen-bond donors (Lipinski definition) is 1. The fourth-order valence-electron chi connectivity index (χ4n) is 2.76. The highest BCUT2D eigenvalue weighted by Crippen LogP contribution is 2.43. The highest BCUT2D eigenvalue weighted by molar-refractivity contribution is 7.98. The lowest BCUT2D eigenvalue weighted by atomic mass is 9.95. The van der Waals surface area contributed by atoms with E-state index in [1.165, 1.54) is 24.0 Å². The van der Waals surface area contributed by atoms with Gasteiger partial charge in [0.15, 0.2) is 0 Å². The van der Waals surface area contributed by atoms with Crippen molar-refractivity contribution in [2.24, 2.45) is 5.73 Å². The first-order valence-corrected chi connectivity index (χ1v) is 8.58. The molecule has 1 aliphatic rings. The third-order valence-corrected chi connectivity index (χ3v) is 5.01. The molecule has 0 saturated heterocycles. The minimum absolute atomic E-state index is 0.346. The first kappa shape index (κ1) is 14.9. The minimum atomic E-state index is 0.346. The van der Waals surface area contributed by atoms with E-state index in [1.54, 1.807) is 0 Å². The predicted molar refractivity (Wildman–Crippen MR) is 85.8 cm³/mol. The largest absolute Gasteiger partial charge is 0.329 e. The molecule has 1 aromatic carbocycles. The smallest absolute Gasteiger partial charge is 0.0473 e. The lowest BCUT2D eigenvalue weighted by Crippen LogP contribution is -2.38. The highest BCUT2D eigenvalue weighted by atomic mass is 32.2. The van der Waals surface area contributed by atoms with Gasteiger partial charge in [-0.2, -0.15) is 11.8 Å². The van der Waals surface area contributed by atoms with Crippen LogP contribution in [0.4, 0.5) is 0 Å². The number of nitrogens with two attached hydrogens (primary N) is 1. The summed E-state index contributed by atoms with van der Waals surface area (Å²) in [6.07, 6.45) is 4.86. The normalized spacial score (nSPS) is 18.6. The molecular weight excluding hydrogens is 252 g/mol. The fourth-order valence-corrected chi connectivity index (χ4v) is 3.48. The fraction of sp³-hybridized carbons (Fsp3) is 0.625. The van der Waals surface area contributed by atoms with Crippen molar-refractivity contribution in [1.29, 1.82) is 0 Å². The average molecular weight is 278 g/mol. The summed E-state index contributed by atoms with van der Waals surface area (Å²) in [5, 5.41) is 0. The van der Waals surface area contributed by atoms with Gasteiger partial charge in [-0.3, -0.25) is 4.90 Å². The van der Waals surface area contributed by atoms with Gasteiger partial charge in [-0.05, 0) is 50.1 Å². The van der Waals surface area contributed by atoms with Crippen LogP contribution in [-0.2, 0) is 0 Å². The maximum Gasteiger partial charge on any atom is 0.0473 e. The number of rotatable bonds is 7. The van der Waals surface area contributed by atoms with Gasteiger partial charge in [0.05, 0.1) is 0 Å². The van der Waals surface area contributed by atoms with E-state index in [-0.39, 0.29) is 0 Å². The Balaban J connectivity index is 2.21. The molecule has 0 amide bonds. The molecule has 19 heavy (non-hydrogen) atoms. The molecule has 1 aromatic rings. The molecule has 0 heterocycles. The lowest BCUT2D eigenvalue weighted by molar-refractivity contribution is 0.203. The van der Waals surface area contributed by atoms with Crippen molar-refractivity contribution in [2.75, 3.05) is 25.6 Å². The van der Waals surface area contributed by atoms with Gasteiger partial charge in [-0.15, -0.1) is 0 Å². The van der Waals surface area contributed by atoms with Gasteiger partial charge in [0.25, 0.3) is 0 Å². The van der Waals surface area contributed by atoms with E-state index < -0.39 is 0 Å². The summed E-state index contributed by atoms with van der Waals surface area (Å²) < 4.78 is 0. The molecule has 0 aliphatic heterocycles. The first-order valence-electron chi connectivity index (χ1n) is 7.18. The third-order valence-electron chi connectivity index (χ3n) is 4.19. The zero-order chi connectivity index (χ0) is 13.8. The number of benzene rings is 1. The van der Waals surface area contributed by atoms with Crippen molar-refractivity contribution in [3.8, 4) is 0 Å². The average Bonchev–Trinajstić information content (AvgIpc) is 3.24. The van der Waals surface area contributed by atoms with Gasteiger partial charge in [0.1, 0.15) is 0 Å². The Morgan fingerprint density at radius 3 is 2.63 bits per heavy atom. The van der Waals surface area contributed by atoms with Gasteiger partial charge in [-0.1, -0.05) is 24.3 Å². The molecule has 2 atom stereocenters. The van der Waals surface area contributed by atoms with Crippen molar-refractivity contribution in [2.45, 2.75) is 37.8 Å². The number of likely N-dealkylation sites (N-methyl/N-ethyl adjacent to an activating group) is 1. The van der Waals surface area contributed by atoms with E-state index in [1.807, 2.05) is 11.8 Å². The quantitative estimate of drug-likeness (QED) is 0.830. The topological polar surface area (TPSA) is 29.3 Å². The van der Waals surface area contributed by atoms with Gasteiger partial charge in [-0.25, -0.2) is 0 Å². The van der Waals surface area contributed by atoms with E-state index in [0.29, 0.717) is 18.6 Å². The van der Waals surface area contributed by atoms with Crippen LogP contribution in [0.15, 0.2) is 24.3 Å². The zero-order valence-corrected chi connectivity index (χ0v) is 13.1. The van der Waals surface area contributed by atoms with Crippen LogP contribution in [0.25, 0.3) is 0 Å². The summed E-state index contributed by atoms with van der Waals surface area (Å²) in [5.41, 5.74) is 9.06. The Kier molecular flexibility index (Phi) is 5.31. The summed E-state index contributed by atoms with van der Waals surface area (Å²) in [4.78, 5) is 2.44. The number of thioether (sulfide) groups is 1. The van der Waals surface area contributed by atoms with Crippen LogP contribution in [0.3, 0.4) is 0 Å². The molecule has 2 N–H and O–H groups in total. The Morgan fingerprint density at radius 2 is 2.05 bits per heavy atom. The molecule has 106 valence electrons. The van der Waals surface area contributed by atoms with E-state index in [9.17, 15) is 0 Å². The molecule has 1 fully saturated rings. The zero-order valence-electron chi connectivity index (χ0n) is 12.3. The van der Waals surface area contributed by atoms with E-state index >= 15 is 0 Å². The molecule has 1 aliphatic carbocycles. The van der Waals surface area contributed by atoms with Crippen molar-refractivity contribution in [3.05, 3.63) is 35.4 Å². The van der Waals surface area contributed by atoms with E-state index in [2.05, 4.69) is 49.4 Å². The highest BCUT2D eigenvalue weighted by Gasteiger charge is 2.29. The summed E-state index contributed by atoms with van der Waals surface area (Å²) >= 11 is 1.90. The molecule has 1 saturated carbocycles. The SMILES string of the molecule is CSCC(C)N(C)C(CN)c1ccccc1C1CC1. The molecular formula is C16H26N2S. The van der Waals surface area contributed by atoms with Gasteiger partial charge < -0.3 is 5.73 Å². The number of nitrogens with zero attached hydrogens (tertiary/aromatic N) is 1. The molecule has 0 aromatic heterocycles. The summed E-state index contributed by atoms with van der Waals surface area (Å²) in [6.45, 7) is 2.98. The summed E-state index contributed by atoms with van der Waals surface area (Å²) in [5.74, 6) is 1.94. The standard InChI is InChI=1S/C16H26N2S/c1-12(11-19-3)18(2)16(10-17)15-7-5-4-6-14(15)13-8-9-13/h4-7,12-13,16H,8-11,17H2,1-3H3. The van der Waals surface area contributed by atoms with E-state index in [0.717, 1.165) is 11.7 Å². The number of hydrogen-bond acceptors (Lipinski definition) is 3. The van der Waals surface area contributed by atoms with Gasteiger partial charge in [0.2, 0.25) is 0 Å². The van der Waals surface area contributed by atoms with Crippen LogP contribution in [0.5, 0.6) is 0 Å². The van der Waals surface area contributed by atoms with Crippen LogP contribution in [0, 0.1) is 0 Å². The maximum atomic E-state index is 6.08. The predicted octanol–water partition coefficient (Wildman–Crippen LogP) is 3.25. The van der Waals surface area contributed by atoms with Crippen LogP contribution < -0.4 is 5.73 Å². The molecule has 0 bridgehead atoms. The van der Waals surface area contributed by atoms with Gasteiger partial charge >= 0.3 is 0 Å². The van der Waals surface area contributed by atoms with Crippen LogP contribution in [-0.4, -0.2) is 36.5 Å². The second-order valence-corrected chi connectivity index (χ2v) is 6.54. The second kappa shape index (κ2) is 6.78. The molecule has 0 spiro atoms. The molecule has 3 heteroatoms. The Morgan fingerprint density at radius 1 is 1.37 bits per heavy atom. The lowest BCUT2D eigenvalue weighted by Gasteiger charge is -2.33. The third kappa shape index (κ3) is 3.53. The van der Waals surface area contributed by atoms with Gasteiger partial charge in [0, 0.05) is 24.4 Å². The molecule has 2 rings (SSSR count). The monoisotopic (exact) mass is 278 g/mol. The van der Waals surface area contributed by atoms with Crippen LogP contribution in [0.1, 0.15) is 42.9 Å². The van der Waals surface area contributed by atoms with Crippen molar-refractivity contribution in [1.82, 2.24) is 4.90 Å². The molecule has 2 unspecified atom stereocenters. The van der Waals surface area contributed by atoms with Crippen LogP contribution in [0.2, 0.25) is 0 Å².